The molecule has 1 unspecified atom stereocenters. The number of nitrogens with one attached hydrogen (secondary N) is 1. The van der Waals surface area contributed by atoms with Crippen molar-refractivity contribution in [3.8, 4) is 11.3 Å². The Labute approximate surface area is 156 Å². The van der Waals surface area contributed by atoms with Gasteiger partial charge < -0.3 is 9.42 Å². The van der Waals surface area contributed by atoms with Gasteiger partial charge in [0.15, 0.2) is 10.8 Å². The maximum absolute atomic E-state index is 5.57. The van der Waals surface area contributed by atoms with Gasteiger partial charge in [-0.1, -0.05) is 47.6 Å². The first kappa shape index (κ1) is 15.7. The van der Waals surface area contributed by atoms with Gasteiger partial charge in [-0.2, -0.15) is 0 Å². The maximum Gasteiger partial charge on any atom is 0.167 e. The highest BCUT2D eigenvalue weighted by Crippen LogP contribution is 2.29. The van der Waals surface area contributed by atoms with Crippen LogP contribution in [0.4, 0.5) is 0 Å². The number of quaternary nitrogens is 1. The predicted molar refractivity (Wildman–Crippen MR) is 103 cm³/mol. The van der Waals surface area contributed by atoms with Crippen molar-refractivity contribution in [2.75, 3.05) is 6.54 Å². The average Bonchev–Trinajstić information content (AvgIpc) is 3.41. The molecule has 1 aliphatic rings. The topological polar surface area (TPSA) is 43.4 Å². The van der Waals surface area contributed by atoms with Crippen LogP contribution in [-0.2, 0) is 6.54 Å². The molecular weight excluding hydrogens is 342 g/mol. The van der Waals surface area contributed by atoms with Crippen molar-refractivity contribution in [1.82, 2.24) is 10.1 Å². The molecule has 130 valence electrons. The van der Waals surface area contributed by atoms with E-state index in [1.165, 1.54) is 27.4 Å². The molecule has 1 aliphatic heterocycles. The highest BCUT2D eigenvalue weighted by atomic mass is 32.1. The Balaban J connectivity index is 1.37. The molecule has 4 nitrogen and oxygen atoms in total. The summed E-state index contributed by atoms with van der Waals surface area (Å²) in [5.74, 6) is 0.843. The highest BCUT2D eigenvalue weighted by Gasteiger charge is 2.33. The van der Waals surface area contributed by atoms with Crippen molar-refractivity contribution in [2.24, 2.45) is 0 Å². The van der Waals surface area contributed by atoms with E-state index in [1.807, 2.05) is 29.5 Å². The molecule has 1 fully saturated rings. The third-order valence-corrected chi connectivity index (χ3v) is 6.27. The lowest BCUT2D eigenvalue weighted by atomic mass is 10.1. The van der Waals surface area contributed by atoms with Crippen molar-refractivity contribution in [2.45, 2.75) is 25.4 Å². The molecule has 0 saturated carbocycles. The number of rotatable bonds is 4. The molecule has 1 saturated heterocycles. The van der Waals surface area contributed by atoms with Gasteiger partial charge in [-0.3, -0.25) is 0 Å². The molecule has 0 bridgehead atoms. The molecule has 3 heterocycles. The number of fused-ring (bicyclic) bond motifs is 1. The second kappa shape index (κ2) is 6.67. The number of aromatic nitrogens is 2. The van der Waals surface area contributed by atoms with E-state index in [2.05, 4.69) is 47.6 Å². The molecule has 0 spiro atoms. The molecule has 0 amide bonds. The molecule has 0 radical (unpaired) electrons. The number of likely N-dealkylation sites (tertiary alicyclic amines) is 1. The van der Waals surface area contributed by atoms with Gasteiger partial charge in [0.25, 0.3) is 0 Å². The fourth-order valence-corrected chi connectivity index (χ4v) is 4.99. The minimum atomic E-state index is 0.462. The standard InChI is InChI=1S/C21H19N3OS/c1-2-7-15(8-3-1)19-13-16(23-25-19)14-24-12-6-10-18(24)21-22-17-9-4-5-11-20(17)26-21/h1-5,7-9,11,13,18H,6,10,12,14H2/p+1/t18-/m1/s1. The first-order valence-electron chi connectivity index (χ1n) is 9.08. The van der Waals surface area contributed by atoms with Crippen LogP contribution in [0.25, 0.3) is 21.5 Å². The molecular formula is C21H20N3OS+. The average molecular weight is 362 g/mol. The Kier molecular flexibility index (Phi) is 4.03. The SMILES string of the molecule is c1ccc(-c2cc(C[NH+]3CCC[C@@H]3c3nc4ccccc4s3)no2)cc1. The minimum Gasteiger partial charge on any atom is -0.356 e. The number of para-hydroxylation sites is 1. The first-order chi connectivity index (χ1) is 12.9. The van der Waals surface area contributed by atoms with E-state index < -0.39 is 0 Å². The van der Waals surface area contributed by atoms with E-state index in [1.54, 1.807) is 0 Å². The quantitative estimate of drug-likeness (QED) is 0.599. The molecule has 0 aliphatic carbocycles. The first-order valence-corrected chi connectivity index (χ1v) is 9.89. The molecule has 2 atom stereocenters. The molecule has 26 heavy (non-hydrogen) atoms. The van der Waals surface area contributed by atoms with Gasteiger partial charge in [0, 0.05) is 24.5 Å². The number of hydrogen-bond donors (Lipinski definition) is 1. The van der Waals surface area contributed by atoms with Gasteiger partial charge in [0.1, 0.15) is 18.3 Å². The van der Waals surface area contributed by atoms with Gasteiger partial charge in [-0.25, -0.2) is 4.98 Å². The summed E-state index contributed by atoms with van der Waals surface area (Å²) in [5.41, 5.74) is 3.21. The van der Waals surface area contributed by atoms with Crippen molar-refractivity contribution >= 4 is 21.6 Å². The fraction of sp³-hybridized carbons (Fsp3) is 0.238. The second-order valence-corrected chi connectivity index (χ2v) is 7.91. The molecule has 2 aromatic heterocycles. The van der Waals surface area contributed by atoms with E-state index in [4.69, 9.17) is 9.51 Å². The van der Waals surface area contributed by atoms with Crippen LogP contribution in [-0.4, -0.2) is 16.7 Å². The summed E-state index contributed by atoms with van der Waals surface area (Å²) >= 11 is 1.84. The Morgan fingerprint density at radius 3 is 2.81 bits per heavy atom. The lowest BCUT2D eigenvalue weighted by Gasteiger charge is -2.18. The number of nitrogens with zero attached hydrogens (tertiary/aromatic N) is 2. The van der Waals surface area contributed by atoms with E-state index in [9.17, 15) is 0 Å². The second-order valence-electron chi connectivity index (χ2n) is 6.85. The molecule has 5 rings (SSSR count). The van der Waals surface area contributed by atoms with Crippen LogP contribution in [0.2, 0.25) is 0 Å². The lowest BCUT2D eigenvalue weighted by Crippen LogP contribution is -3.09. The normalized spacial score (nSPS) is 20.0. The number of thiazole rings is 1. The Hall–Kier alpha value is -2.50. The van der Waals surface area contributed by atoms with Gasteiger partial charge in [0.2, 0.25) is 0 Å². The smallest absolute Gasteiger partial charge is 0.167 e. The highest BCUT2D eigenvalue weighted by molar-refractivity contribution is 7.18. The molecule has 1 N–H and O–H groups in total. The van der Waals surface area contributed by atoms with Crippen LogP contribution >= 0.6 is 11.3 Å². The molecule has 4 aromatic rings. The summed E-state index contributed by atoms with van der Waals surface area (Å²) in [7, 11) is 0. The van der Waals surface area contributed by atoms with Crippen LogP contribution in [0.15, 0.2) is 65.2 Å². The summed E-state index contributed by atoms with van der Waals surface area (Å²) in [4.78, 5) is 6.43. The number of benzene rings is 2. The van der Waals surface area contributed by atoms with E-state index >= 15 is 0 Å². The Bertz CT molecular complexity index is 991. The zero-order valence-corrected chi connectivity index (χ0v) is 15.2. The monoisotopic (exact) mass is 362 g/mol. The summed E-state index contributed by atoms with van der Waals surface area (Å²) in [5, 5.41) is 5.57. The van der Waals surface area contributed by atoms with E-state index in [0.717, 1.165) is 35.6 Å². The Morgan fingerprint density at radius 1 is 1.08 bits per heavy atom. The van der Waals surface area contributed by atoms with Crippen LogP contribution in [0.5, 0.6) is 0 Å². The van der Waals surface area contributed by atoms with Crippen molar-refractivity contribution in [3.05, 3.63) is 71.4 Å². The maximum atomic E-state index is 5.57. The van der Waals surface area contributed by atoms with Crippen LogP contribution in [0.1, 0.15) is 29.6 Å². The van der Waals surface area contributed by atoms with Crippen molar-refractivity contribution in [3.63, 3.8) is 0 Å². The zero-order chi connectivity index (χ0) is 17.3. The van der Waals surface area contributed by atoms with Crippen molar-refractivity contribution < 1.29 is 9.42 Å². The Morgan fingerprint density at radius 2 is 1.92 bits per heavy atom. The predicted octanol–water partition coefficient (Wildman–Crippen LogP) is 3.87. The van der Waals surface area contributed by atoms with Gasteiger partial charge >= 0.3 is 0 Å². The summed E-state index contributed by atoms with van der Waals surface area (Å²) in [6, 6.07) is 21.1. The van der Waals surface area contributed by atoms with E-state index in [0.29, 0.717) is 6.04 Å². The molecule has 5 heteroatoms. The van der Waals surface area contributed by atoms with Gasteiger partial charge in [-0.05, 0) is 12.1 Å². The largest absolute Gasteiger partial charge is 0.356 e. The van der Waals surface area contributed by atoms with Crippen LogP contribution in [0.3, 0.4) is 0 Å². The zero-order valence-electron chi connectivity index (χ0n) is 14.4. The van der Waals surface area contributed by atoms with Gasteiger partial charge in [0.05, 0.1) is 16.8 Å². The van der Waals surface area contributed by atoms with Crippen LogP contribution in [0, 0.1) is 0 Å². The van der Waals surface area contributed by atoms with E-state index in [-0.39, 0.29) is 0 Å². The van der Waals surface area contributed by atoms with Crippen LogP contribution < -0.4 is 4.90 Å². The summed E-state index contributed by atoms with van der Waals surface area (Å²) < 4.78 is 6.85. The van der Waals surface area contributed by atoms with Gasteiger partial charge in [-0.15, -0.1) is 11.3 Å². The van der Waals surface area contributed by atoms with Crippen molar-refractivity contribution in [1.29, 1.82) is 0 Å². The third kappa shape index (κ3) is 2.93. The lowest BCUT2D eigenvalue weighted by molar-refractivity contribution is -0.932. The number of hydrogen-bond acceptors (Lipinski definition) is 4. The molecule has 2 aromatic carbocycles. The fourth-order valence-electron chi connectivity index (χ4n) is 3.83. The third-order valence-electron chi connectivity index (χ3n) is 5.12. The minimum absolute atomic E-state index is 0.462. The summed E-state index contributed by atoms with van der Waals surface area (Å²) in [6.45, 7) is 2.05. The summed E-state index contributed by atoms with van der Waals surface area (Å²) in [6.07, 6.45) is 2.43.